The molecule has 2 aromatic rings. The minimum atomic E-state index is -0.245. The number of aryl methyl sites for hydroxylation is 1. The summed E-state index contributed by atoms with van der Waals surface area (Å²) in [5, 5.41) is 3.67. The Kier molecular flexibility index (Phi) is 4.43. The fraction of sp³-hybridized carbons (Fsp3) is 0.250. The van der Waals surface area contributed by atoms with E-state index in [-0.39, 0.29) is 5.91 Å². The topological polar surface area (TPSA) is 92.9 Å². The molecule has 0 radical (unpaired) electrons. The van der Waals surface area contributed by atoms with Gasteiger partial charge >= 0.3 is 0 Å². The van der Waals surface area contributed by atoms with Gasteiger partial charge in [-0.1, -0.05) is 13.0 Å². The van der Waals surface area contributed by atoms with Crippen molar-refractivity contribution in [2.45, 2.75) is 19.9 Å². The molecule has 0 unspecified atom stereocenters. The number of nitrogen functional groups attached to an aromatic ring is 1. The van der Waals surface area contributed by atoms with Crippen LogP contribution in [0.4, 0.5) is 5.82 Å². The van der Waals surface area contributed by atoms with E-state index < -0.39 is 0 Å². The van der Waals surface area contributed by atoms with E-state index in [2.05, 4.69) is 27.6 Å². The molecule has 0 saturated carbocycles. The molecule has 7 heteroatoms. The van der Waals surface area contributed by atoms with Gasteiger partial charge in [0.25, 0.3) is 5.91 Å². The number of aromatic nitrogens is 2. The zero-order chi connectivity index (χ0) is 13.7. The highest BCUT2D eigenvalue weighted by atomic mass is 32.1. The highest BCUT2D eigenvalue weighted by Gasteiger charge is 2.08. The molecule has 6 nitrogen and oxygen atoms in total. The summed E-state index contributed by atoms with van der Waals surface area (Å²) >= 11 is 1.60. The molecular formula is C12H15N5OS. The number of nitrogens with zero attached hydrogens (tertiary/aromatic N) is 2. The highest BCUT2D eigenvalue weighted by molar-refractivity contribution is 7.11. The lowest BCUT2D eigenvalue weighted by Crippen LogP contribution is -2.24. The number of amides is 1. The van der Waals surface area contributed by atoms with Gasteiger partial charge in [-0.25, -0.2) is 15.8 Å². The minimum absolute atomic E-state index is 0.245. The van der Waals surface area contributed by atoms with Crippen LogP contribution in [0.1, 0.15) is 27.3 Å². The zero-order valence-corrected chi connectivity index (χ0v) is 11.3. The standard InChI is InChI=1S/C12H15N5OS/c1-2-8-6-14-11(19-8)7-15-12(18)9-4-3-5-10(16-9)17-13/h3-6H,2,7,13H2,1H3,(H,15,18)(H,16,17). The first kappa shape index (κ1) is 13.4. The number of thiazole rings is 1. The first-order valence-electron chi connectivity index (χ1n) is 5.88. The summed E-state index contributed by atoms with van der Waals surface area (Å²) in [5.74, 6) is 5.46. The van der Waals surface area contributed by atoms with Gasteiger partial charge in [-0.15, -0.1) is 11.3 Å². The van der Waals surface area contributed by atoms with Gasteiger partial charge in [0.1, 0.15) is 16.5 Å². The van der Waals surface area contributed by atoms with Crippen LogP contribution in [0.5, 0.6) is 0 Å². The molecule has 0 fully saturated rings. The van der Waals surface area contributed by atoms with Crippen molar-refractivity contribution in [1.29, 1.82) is 0 Å². The molecule has 1 amide bonds. The Labute approximate surface area is 115 Å². The Hall–Kier alpha value is -1.99. The van der Waals surface area contributed by atoms with E-state index in [1.165, 1.54) is 4.88 Å². The number of rotatable bonds is 5. The summed E-state index contributed by atoms with van der Waals surface area (Å²) < 4.78 is 0. The first-order valence-corrected chi connectivity index (χ1v) is 6.70. The van der Waals surface area contributed by atoms with Crippen LogP contribution in [-0.4, -0.2) is 15.9 Å². The molecule has 19 heavy (non-hydrogen) atoms. The molecule has 0 bridgehead atoms. The fourth-order valence-electron chi connectivity index (χ4n) is 1.48. The average Bonchev–Trinajstić information content (AvgIpc) is 2.93. The van der Waals surface area contributed by atoms with Crippen molar-refractivity contribution in [3.8, 4) is 0 Å². The van der Waals surface area contributed by atoms with Crippen LogP contribution in [0, 0.1) is 0 Å². The van der Waals surface area contributed by atoms with Crippen LogP contribution in [0.25, 0.3) is 0 Å². The lowest BCUT2D eigenvalue weighted by Gasteiger charge is -2.04. The maximum Gasteiger partial charge on any atom is 0.270 e. The fourth-order valence-corrected chi connectivity index (χ4v) is 2.28. The molecule has 0 atom stereocenters. The van der Waals surface area contributed by atoms with Crippen LogP contribution >= 0.6 is 11.3 Å². The first-order chi connectivity index (χ1) is 9.22. The van der Waals surface area contributed by atoms with Crippen molar-refractivity contribution in [2.75, 3.05) is 5.43 Å². The van der Waals surface area contributed by atoms with E-state index in [1.54, 1.807) is 29.5 Å². The third-order valence-electron chi connectivity index (χ3n) is 2.48. The van der Waals surface area contributed by atoms with Crippen LogP contribution in [-0.2, 0) is 13.0 Å². The normalized spacial score (nSPS) is 10.2. The maximum atomic E-state index is 11.9. The molecule has 0 aliphatic heterocycles. The van der Waals surface area contributed by atoms with E-state index in [9.17, 15) is 4.79 Å². The zero-order valence-electron chi connectivity index (χ0n) is 10.5. The Bertz CT molecular complexity index is 569. The average molecular weight is 277 g/mol. The SMILES string of the molecule is CCc1cnc(CNC(=O)c2cccc(NN)n2)s1. The third kappa shape index (κ3) is 3.49. The van der Waals surface area contributed by atoms with Crippen LogP contribution in [0.15, 0.2) is 24.4 Å². The van der Waals surface area contributed by atoms with Gasteiger partial charge < -0.3 is 10.7 Å². The van der Waals surface area contributed by atoms with E-state index in [4.69, 9.17) is 5.84 Å². The monoisotopic (exact) mass is 277 g/mol. The largest absolute Gasteiger partial charge is 0.344 e. The summed E-state index contributed by atoms with van der Waals surface area (Å²) in [6.07, 6.45) is 2.79. The Morgan fingerprint density at radius 3 is 3.00 bits per heavy atom. The summed E-state index contributed by atoms with van der Waals surface area (Å²) in [4.78, 5) is 21.4. The number of nitrogens with one attached hydrogen (secondary N) is 2. The van der Waals surface area contributed by atoms with Gasteiger partial charge in [-0.2, -0.15) is 0 Å². The van der Waals surface area contributed by atoms with Gasteiger partial charge in [0, 0.05) is 11.1 Å². The lowest BCUT2D eigenvalue weighted by molar-refractivity contribution is 0.0946. The van der Waals surface area contributed by atoms with Gasteiger partial charge in [-0.3, -0.25) is 4.79 Å². The molecule has 2 heterocycles. The molecule has 0 aromatic carbocycles. The lowest BCUT2D eigenvalue weighted by atomic mass is 10.3. The number of anilines is 1. The second-order valence-electron chi connectivity index (χ2n) is 3.81. The summed E-state index contributed by atoms with van der Waals surface area (Å²) in [6.45, 7) is 2.48. The molecule has 0 spiro atoms. The molecule has 0 aliphatic carbocycles. The molecular weight excluding hydrogens is 262 g/mol. The predicted octanol–water partition coefficient (Wildman–Crippen LogP) is 1.32. The van der Waals surface area contributed by atoms with Crippen LogP contribution in [0.3, 0.4) is 0 Å². The van der Waals surface area contributed by atoms with Crippen LogP contribution in [0.2, 0.25) is 0 Å². The summed E-state index contributed by atoms with van der Waals surface area (Å²) in [5.41, 5.74) is 2.73. The molecule has 100 valence electrons. The Morgan fingerprint density at radius 2 is 2.32 bits per heavy atom. The molecule has 0 aliphatic rings. The molecule has 0 saturated heterocycles. The van der Waals surface area contributed by atoms with Gasteiger partial charge in [0.15, 0.2) is 0 Å². The van der Waals surface area contributed by atoms with E-state index >= 15 is 0 Å². The Balaban J connectivity index is 1.96. The quantitative estimate of drug-likeness (QED) is 0.566. The Morgan fingerprint density at radius 1 is 1.47 bits per heavy atom. The van der Waals surface area contributed by atoms with Crippen molar-refractivity contribution in [3.63, 3.8) is 0 Å². The minimum Gasteiger partial charge on any atom is -0.344 e. The molecule has 2 rings (SSSR count). The number of carbonyl (C=O) groups is 1. The van der Waals surface area contributed by atoms with Crippen molar-refractivity contribution >= 4 is 23.1 Å². The third-order valence-corrected chi connectivity index (χ3v) is 3.62. The molecule has 4 N–H and O–H groups in total. The number of nitrogens with two attached hydrogens (primary N) is 1. The number of hydrogen-bond acceptors (Lipinski definition) is 6. The van der Waals surface area contributed by atoms with E-state index in [1.807, 2.05) is 6.20 Å². The smallest absolute Gasteiger partial charge is 0.270 e. The van der Waals surface area contributed by atoms with Crippen molar-refractivity contribution in [2.24, 2.45) is 5.84 Å². The summed E-state index contributed by atoms with van der Waals surface area (Å²) in [7, 11) is 0. The summed E-state index contributed by atoms with van der Waals surface area (Å²) in [6, 6.07) is 5.04. The van der Waals surface area contributed by atoms with E-state index in [0.29, 0.717) is 18.1 Å². The van der Waals surface area contributed by atoms with Crippen molar-refractivity contribution in [1.82, 2.24) is 15.3 Å². The van der Waals surface area contributed by atoms with Gasteiger partial charge in [0.2, 0.25) is 0 Å². The van der Waals surface area contributed by atoms with Gasteiger partial charge in [-0.05, 0) is 18.6 Å². The second-order valence-corrected chi connectivity index (χ2v) is 5.01. The van der Waals surface area contributed by atoms with Crippen molar-refractivity contribution < 1.29 is 4.79 Å². The maximum absolute atomic E-state index is 11.9. The predicted molar refractivity (Wildman–Crippen MR) is 74.7 cm³/mol. The number of hydrogen-bond donors (Lipinski definition) is 3. The van der Waals surface area contributed by atoms with Crippen molar-refractivity contribution in [3.05, 3.63) is 40.0 Å². The number of hydrazine groups is 1. The number of pyridine rings is 1. The van der Waals surface area contributed by atoms with Crippen LogP contribution < -0.4 is 16.6 Å². The van der Waals surface area contributed by atoms with Gasteiger partial charge in [0.05, 0.1) is 6.54 Å². The highest BCUT2D eigenvalue weighted by Crippen LogP contribution is 2.13. The number of carbonyl (C=O) groups excluding carboxylic acids is 1. The second kappa shape index (κ2) is 6.26. The molecule has 2 aromatic heterocycles. The van der Waals surface area contributed by atoms with E-state index in [0.717, 1.165) is 11.4 Å².